The fraction of sp³-hybridized carbons (Fsp3) is 0.500. The lowest BCUT2D eigenvalue weighted by atomic mass is 10.1. The van der Waals surface area contributed by atoms with Crippen molar-refractivity contribution >= 4 is 23.3 Å². The summed E-state index contributed by atoms with van der Waals surface area (Å²) in [5.41, 5.74) is 0.539. The minimum atomic E-state index is -0.429. The summed E-state index contributed by atoms with van der Waals surface area (Å²) in [7, 11) is 0. The standard InChI is InChI=1S/C14H17ClN2O4/c1-2-21-14(18)13-4-3-7-16(13)9-10-8-11(15)5-6-12(10)17(19)20/h5-6,8,13H,2-4,7,9H2,1H3. The number of nitro groups is 1. The van der Waals surface area contributed by atoms with E-state index >= 15 is 0 Å². The zero-order valence-electron chi connectivity index (χ0n) is 11.8. The zero-order valence-corrected chi connectivity index (χ0v) is 12.5. The van der Waals surface area contributed by atoms with Crippen LogP contribution in [0.3, 0.4) is 0 Å². The number of hydrogen-bond donors (Lipinski definition) is 0. The molecule has 1 heterocycles. The van der Waals surface area contributed by atoms with Gasteiger partial charge in [-0.2, -0.15) is 0 Å². The Morgan fingerprint density at radius 1 is 1.57 bits per heavy atom. The lowest BCUT2D eigenvalue weighted by Gasteiger charge is -2.22. The Hall–Kier alpha value is -1.66. The Balaban J connectivity index is 2.19. The second-order valence-corrected chi connectivity index (χ2v) is 5.35. The molecule has 2 rings (SSSR count). The highest BCUT2D eigenvalue weighted by atomic mass is 35.5. The number of ether oxygens (including phenoxy) is 1. The van der Waals surface area contributed by atoms with Crippen LogP contribution in [0.15, 0.2) is 18.2 Å². The van der Waals surface area contributed by atoms with Gasteiger partial charge in [0.2, 0.25) is 0 Å². The highest BCUT2D eigenvalue weighted by Gasteiger charge is 2.33. The monoisotopic (exact) mass is 312 g/mol. The number of carbonyl (C=O) groups is 1. The van der Waals surface area contributed by atoms with E-state index in [4.69, 9.17) is 16.3 Å². The topological polar surface area (TPSA) is 72.7 Å². The van der Waals surface area contributed by atoms with Gasteiger partial charge in [-0.15, -0.1) is 0 Å². The van der Waals surface area contributed by atoms with Crippen LogP contribution in [-0.4, -0.2) is 35.0 Å². The van der Waals surface area contributed by atoms with Gasteiger partial charge in [0, 0.05) is 23.2 Å². The molecule has 1 saturated heterocycles. The highest BCUT2D eigenvalue weighted by Crippen LogP contribution is 2.27. The van der Waals surface area contributed by atoms with Crippen molar-refractivity contribution in [3.8, 4) is 0 Å². The van der Waals surface area contributed by atoms with Gasteiger partial charge in [0.25, 0.3) is 5.69 Å². The van der Waals surface area contributed by atoms with Crippen molar-refractivity contribution in [1.82, 2.24) is 4.90 Å². The molecule has 6 nitrogen and oxygen atoms in total. The average molecular weight is 313 g/mol. The predicted molar refractivity (Wildman–Crippen MR) is 78.2 cm³/mol. The third kappa shape index (κ3) is 3.71. The molecule has 1 atom stereocenters. The zero-order chi connectivity index (χ0) is 15.4. The summed E-state index contributed by atoms with van der Waals surface area (Å²) in [6.07, 6.45) is 1.59. The summed E-state index contributed by atoms with van der Waals surface area (Å²) in [4.78, 5) is 24.5. The third-order valence-corrected chi connectivity index (χ3v) is 3.77. The molecule has 1 aliphatic heterocycles. The third-order valence-electron chi connectivity index (χ3n) is 3.53. The number of esters is 1. The van der Waals surface area contributed by atoms with Crippen LogP contribution in [-0.2, 0) is 16.1 Å². The second kappa shape index (κ2) is 6.87. The number of nitro benzene ring substituents is 1. The highest BCUT2D eigenvalue weighted by molar-refractivity contribution is 6.30. The first-order valence-corrected chi connectivity index (χ1v) is 7.24. The Morgan fingerprint density at radius 2 is 2.33 bits per heavy atom. The number of likely N-dealkylation sites (tertiary alicyclic amines) is 1. The average Bonchev–Trinajstić information content (AvgIpc) is 2.87. The van der Waals surface area contributed by atoms with Crippen molar-refractivity contribution in [2.24, 2.45) is 0 Å². The van der Waals surface area contributed by atoms with E-state index in [0.29, 0.717) is 36.7 Å². The Labute approximate surface area is 127 Å². The van der Waals surface area contributed by atoms with Crippen LogP contribution in [0.25, 0.3) is 0 Å². The van der Waals surface area contributed by atoms with Crippen LogP contribution in [0, 0.1) is 10.1 Å². The van der Waals surface area contributed by atoms with Gasteiger partial charge in [0.05, 0.1) is 11.5 Å². The SMILES string of the molecule is CCOC(=O)C1CCCN1Cc1cc(Cl)ccc1[N+](=O)[O-]. The van der Waals surface area contributed by atoms with Crippen LogP contribution in [0.1, 0.15) is 25.3 Å². The first-order chi connectivity index (χ1) is 10.0. The molecule has 1 aliphatic rings. The number of hydrogen-bond acceptors (Lipinski definition) is 5. The van der Waals surface area contributed by atoms with Crippen LogP contribution in [0.4, 0.5) is 5.69 Å². The van der Waals surface area contributed by atoms with Crippen molar-refractivity contribution in [3.05, 3.63) is 38.9 Å². The maximum Gasteiger partial charge on any atom is 0.323 e. The van der Waals surface area contributed by atoms with Crippen LogP contribution in [0.2, 0.25) is 5.02 Å². The largest absolute Gasteiger partial charge is 0.465 e. The minimum absolute atomic E-state index is 0.0221. The number of benzene rings is 1. The van der Waals surface area contributed by atoms with Crippen LogP contribution >= 0.6 is 11.6 Å². The molecular weight excluding hydrogens is 296 g/mol. The van der Waals surface area contributed by atoms with E-state index < -0.39 is 4.92 Å². The summed E-state index contributed by atoms with van der Waals surface area (Å²) in [6, 6.07) is 4.15. The predicted octanol–water partition coefficient (Wildman–Crippen LogP) is 2.78. The second-order valence-electron chi connectivity index (χ2n) is 4.91. The van der Waals surface area contributed by atoms with E-state index in [9.17, 15) is 14.9 Å². The van der Waals surface area contributed by atoms with E-state index in [1.54, 1.807) is 13.0 Å². The Bertz CT molecular complexity index is 550. The normalized spacial score (nSPS) is 18.7. The van der Waals surface area contributed by atoms with Gasteiger partial charge in [0.15, 0.2) is 0 Å². The molecule has 0 radical (unpaired) electrons. The van der Waals surface area contributed by atoms with Gasteiger partial charge in [0.1, 0.15) is 6.04 Å². The smallest absolute Gasteiger partial charge is 0.323 e. The molecule has 1 aromatic carbocycles. The van der Waals surface area contributed by atoms with Crippen molar-refractivity contribution < 1.29 is 14.5 Å². The maximum absolute atomic E-state index is 11.9. The van der Waals surface area contributed by atoms with Gasteiger partial charge < -0.3 is 4.74 Å². The number of carbonyl (C=O) groups excluding carboxylic acids is 1. The molecule has 0 aromatic heterocycles. The molecule has 1 fully saturated rings. The molecule has 0 bridgehead atoms. The van der Waals surface area contributed by atoms with Crippen molar-refractivity contribution in [1.29, 1.82) is 0 Å². The van der Waals surface area contributed by atoms with Crippen molar-refractivity contribution in [2.45, 2.75) is 32.4 Å². The lowest BCUT2D eigenvalue weighted by Crippen LogP contribution is -2.36. The minimum Gasteiger partial charge on any atom is -0.465 e. The molecule has 21 heavy (non-hydrogen) atoms. The van der Waals surface area contributed by atoms with E-state index in [-0.39, 0.29) is 17.7 Å². The van der Waals surface area contributed by atoms with Crippen LogP contribution < -0.4 is 0 Å². The van der Waals surface area contributed by atoms with E-state index in [1.165, 1.54) is 12.1 Å². The Kier molecular flexibility index (Phi) is 5.14. The molecule has 0 spiro atoms. The van der Waals surface area contributed by atoms with Gasteiger partial charge >= 0.3 is 5.97 Å². The summed E-state index contributed by atoms with van der Waals surface area (Å²) in [5.74, 6) is -0.264. The molecule has 0 N–H and O–H groups in total. The summed E-state index contributed by atoms with van der Waals surface area (Å²) in [6.45, 7) is 3.13. The van der Waals surface area contributed by atoms with Gasteiger partial charge in [-0.05, 0) is 38.4 Å². The van der Waals surface area contributed by atoms with Crippen molar-refractivity contribution in [3.63, 3.8) is 0 Å². The quantitative estimate of drug-likeness (QED) is 0.475. The number of halogens is 1. The van der Waals surface area contributed by atoms with Crippen LogP contribution in [0.5, 0.6) is 0 Å². The van der Waals surface area contributed by atoms with Crippen molar-refractivity contribution in [2.75, 3.05) is 13.2 Å². The van der Waals surface area contributed by atoms with E-state index in [0.717, 1.165) is 6.42 Å². The first-order valence-electron chi connectivity index (χ1n) is 6.86. The fourth-order valence-electron chi connectivity index (χ4n) is 2.60. The molecule has 0 amide bonds. The Morgan fingerprint density at radius 3 is 3.00 bits per heavy atom. The lowest BCUT2D eigenvalue weighted by molar-refractivity contribution is -0.385. The molecule has 1 unspecified atom stereocenters. The summed E-state index contributed by atoms with van der Waals surface area (Å²) >= 11 is 5.92. The summed E-state index contributed by atoms with van der Waals surface area (Å²) < 4.78 is 5.05. The van der Waals surface area contributed by atoms with Gasteiger partial charge in [-0.25, -0.2) is 0 Å². The number of nitrogens with zero attached hydrogens (tertiary/aromatic N) is 2. The van der Waals surface area contributed by atoms with E-state index in [1.807, 2.05) is 4.90 Å². The first kappa shape index (κ1) is 15.7. The molecule has 0 saturated carbocycles. The number of rotatable bonds is 5. The van der Waals surface area contributed by atoms with E-state index in [2.05, 4.69) is 0 Å². The summed E-state index contributed by atoms with van der Waals surface area (Å²) in [5, 5.41) is 11.5. The molecular formula is C14H17ClN2O4. The van der Waals surface area contributed by atoms with Gasteiger partial charge in [-0.1, -0.05) is 11.6 Å². The molecule has 0 aliphatic carbocycles. The molecule has 114 valence electrons. The maximum atomic E-state index is 11.9. The fourth-order valence-corrected chi connectivity index (χ4v) is 2.79. The molecule has 7 heteroatoms. The van der Waals surface area contributed by atoms with Gasteiger partial charge in [-0.3, -0.25) is 19.8 Å². The molecule has 1 aromatic rings.